The predicted octanol–water partition coefficient (Wildman–Crippen LogP) is 0.516. The smallest absolute Gasteiger partial charge is 0.273 e. The molecule has 2 aromatic heterocycles. The van der Waals surface area contributed by atoms with Gasteiger partial charge in [0.15, 0.2) is 0 Å². The number of pyridine rings is 1. The number of nitrogens with zero attached hydrogens (tertiary/aromatic N) is 4. The zero-order chi connectivity index (χ0) is 14.6. The minimum atomic E-state index is -3.84. The number of nitrogens with two attached hydrogens (primary N) is 1. The van der Waals surface area contributed by atoms with Gasteiger partial charge in [-0.15, -0.1) is 10.2 Å². The van der Waals surface area contributed by atoms with E-state index in [1.807, 2.05) is 19.1 Å². The van der Waals surface area contributed by atoms with Gasteiger partial charge in [-0.3, -0.25) is 4.98 Å². The molecule has 0 aliphatic heterocycles. The summed E-state index contributed by atoms with van der Waals surface area (Å²) in [6.07, 6.45) is 5.58. The summed E-state index contributed by atoms with van der Waals surface area (Å²) in [5.41, 5.74) is 1.07. The van der Waals surface area contributed by atoms with Crippen LogP contribution in [0.15, 0.2) is 29.7 Å². The first kappa shape index (κ1) is 14.6. The maximum Gasteiger partial charge on any atom is 0.273 e. The molecule has 2 aromatic rings. The van der Waals surface area contributed by atoms with Gasteiger partial charge < -0.3 is 4.57 Å². The van der Waals surface area contributed by atoms with Crippen molar-refractivity contribution in [1.29, 1.82) is 0 Å². The summed E-state index contributed by atoms with van der Waals surface area (Å²) >= 11 is 0. The zero-order valence-corrected chi connectivity index (χ0v) is 12.0. The van der Waals surface area contributed by atoms with E-state index in [-0.39, 0.29) is 5.16 Å². The third-order valence-electron chi connectivity index (χ3n) is 2.86. The Kier molecular flexibility index (Phi) is 4.46. The maximum atomic E-state index is 11.5. The van der Waals surface area contributed by atoms with Crippen molar-refractivity contribution in [1.82, 2.24) is 19.7 Å². The van der Waals surface area contributed by atoms with Crippen molar-refractivity contribution in [3.63, 3.8) is 0 Å². The molecule has 0 saturated heterocycles. The molecule has 8 heteroatoms. The molecule has 0 bridgehead atoms. The van der Waals surface area contributed by atoms with E-state index in [4.69, 9.17) is 5.14 Å². The van der Waals surface area contributed by atoms with Gasteiger partial charge in [0, 0.05) is 25.4 Å². The number of rotatable bonds is 6. The van der Waals surface area contributed by atoms with Crippen LogP contribution < -0.4 is 5.14 Å². The summed E-state index contributed by atoms with van der Waals surface area (Å²) in [7, 11) is -3.84. The van der Waals surface area contributed by atoms with Gasteiger partial charge in [0.1, 0.15) is 5.82 Å². The normalized spacial score (nSPS) is 11.7. The summed E-state index contributed by atoms with van der Waals surface area (Å²) in [5.74, 6) is 0.625. The van der Waals surface area contributed by atoms with E-state index in [0.29, 0.717) is 18.8 Å². The Morgan fingerprint density at radius 1 is 1.30 bits per heavy atom. The summed E-state index contributed by atoms with van der Waals surface area (Å²) in [5, 5.41) is 12.6. The second kappa shape index (κ2) is 6.10. The van der Waals surface area contributed by atoms with Crippen LogP contribution in [0.1, 0.15) is 24.7 Å². The first-order valence-electron chi connectivity index (χ1n) is 6.36. The molecular weight excluding hydrogens is 278 g/mol. The SMILES string of the molecule is CCCn1c(CCc2cccnc2)nnc1S(N)(=O)=O. The lowest BCUT2D eigenvalue weighted by atomic mass is 10.1. The number of aryl methyl sites for hydroxylation is 2. The lowest BCUT2D eigenvalue weighted by molar-refractivity contribution is 0.546. The maximum absolute atomic E-state index is 11.5. The van der Waals surface area contributed by atoms with Gasteiger partial charge >= 0.3 is 0 Å². The molecular formula is C12H17N5O2S. The van der Waals surface area contributed by atoms with Crippen LogP contribution in [0.25, 0.3) is 0 Å². The highest BCUT2D eigenvalue weighted by Gasteiger charge is 2.20. The quantitative estimate of drug-likeness (QED) is 0.836. The molecule has 0 aliphatic carbocycles. The standard InChI is InChI=1S/C12H17N5O2S/c1-2-8-17-11(15-16-12(17)20(13,18)19)6-5-10-4-3-7-14-9-10/h3-4,7,9H,2,5-6,8H2,1H3,(H2,13,18,19). The van der Waals surface area contributed by atoms with E-state index >= 15 is 0 Å². The molecule has 2 rings (SSSR count). The number of hydrogen-bond donors (Lipinski definition) is 1. The fourth-order valence-electron chi connectivity index (χ4n) is 1.96. The molecule has 0 spiro atoms. The molecule has 2 heterocycles. The highest BCUT2D eigenvalue weighted by molar-refractivity contribution is 7.89. The van der Waals surface area contributed by atoms with Crippen LogP contribution in [0, 0.1) is 0 Å². The Balaban J connectivity index is 2.22. The Labute approximate surface area is 117 Å². The van der Waals surface area contributed by atoms with Gasteiger partial charge in [0.25, 0.3) is 15.2 Å². The molecule has 108 valence electrons. The number of aromatic nitrogens is 4. The van der Waals surface area contributed by atoms with Crippen LogP contribution in [0.2, 0.25) is 0 Å². The molecule has 0 aromatic carbocycles. The van der Waals surface area contributed by atoms with Crippen molar-refractivity contribution in [3.05, 3.63) is 35.9 Å². The van der Waals surface area contributed by atoms with Gasteiger partial charge in [-0.2, -0.15) is 0 Å². The molecule has 2 N–H and O–H groups in total. The van der Waals surface area contributed by atoms with E-state index in [9.17, 15) is 8.42 Å². The molecule has 0 unspecified atom stereocenters. The minimum Gasteiger partial charge on any atom is -0.301 e. The van der Waals surface area contributed by atoms with Crippen LogP contribution in [0.3, 0.4) is 0 Å². The fourth-order valence-corrected chi connectivity index (χ4v) is 2.62. The van der Waals surface area contributed by atoms with Crippen LogP contribution >= 0.6 is 0 Å². The van der Waals surface area contributed by atoms with Gasteiger partial charge in [-0.05, 0) is 24.5 Å². The third-order valence-corrected chi connectivity index (χ3v) is 3.67. The van der Waals surface area contributed by atoms with Crippen molar-refractivity contribution in [2.75, 3.05) is 0 Å². The summed E-state index contributed by atoms with van der Waals surface area (Å²) in [4.78, 5) is 4.04. The van der Waals surface area contributed by atoms with E-state index in [1.54, 1.807) is 17.0 Å². The van der Waals surface area contributed by atoms with Crippen molar-refractivity contribution < 1.29 is 8.42 Å². The number of primary sulfonamides is 1. The highest BCUT2D eigenvalue weighted by atomic mass is 32.2. The number of hydrogen-bond acceptors (Lipinski definition) is 5. The van der Waals surface area contributed by atoms with Crippen LogP contribution in [0.4, 0.5) is 0 Å². The molecule has 0 aliphatic rings. The summed E-state index contributed by atoms with van der Waals surface area (Å²) in [6, 6.07) is 3.83. The molecule has 0 amide bonds. The zero-order valence-electron chi connectivity index (χ0n) is 11.2. The Morgan fingerprint density at radius 2 is 2.10 bits per heavy atom. The average molecular weight is 295 g/mol. The lowest BCUT2D eigenvalue weighted by Crippen LogP contribution is -2.19. The fraction of sp³-hybridized carbons (Fsp3) is 0.417. The molecule has 0 atom stereocenters. The minimum absolute atomic E-state index is 0.166. The largest absolute Gasteiger partial charge is 0.301 e. The van der Waals surface area contributed by atoms with E-state index in [0.717, 1.165) is 18.4 Å². The van der Waals surface area contributed by atoms with Crippen molar-refractivity contribution in [2.24, 2.45) is 5.14 Å². The van der Waals surface area contributed by atoms with Crippen molar-refractivity contribution >= 4 is 10.0 Å². The monoisotopic (exact) mass is 295 g/mol. The predicted molar refractivity (Wildman–Crippen MR) is 73.3 cm³/mol. The van der Waals surface area contributed by atoms with Crippen LogP contribution in [-0.2, 0) is 29.4 Å². The lowest BCUT2D eigenvalue weighted by Gasteiger charge is -2.07. The van der Waals surface area contributed by atoms with E-state index in [1.165, 1.54) is 0 Å². The summed E-state index contributed by atoms with van der Waals surface area (Å²) in [6.45, 7) is 2.49. The van der Waals surface area contributed by atoms with Crippen LogP contribution in [0.5, 0.6) is 0 Å². The van der Waals surface area contributed by atoms with Crippen LogP contribution in [-0.4, -0.2) is 28.2 Å². The Bertz CT molecular complexity index is 666. The van der Waals surface area contributed by atoms with Gasteiger partial charge in [0.05, 0.1) is 0 Å². The van der Waals surface area contributed by atoms with E-state index < -0.39 is 10.0 Å². The van der Waals surface area contributed by atoms with Crippen molar-refractivity contribution in [3.8, 4) is 0 Å². The van der Waals surface area contributed by atoms with Gasteiger partial charge in [-0.25, -0.2) is 13.6 Å². The first-order chi connectivity index (χ1) is 9.52. The molecule has 0 fully saturated rings. The van der Waals surface area contributed by atoms with E-state index in [2.05, 4.69) is 15.2 Å². The molecule has 20 heavy (non-hydrogen) atoms. The van der Waals surface area contributed by atoms with Gasteiger partial charge in [-0.1, -0.05) is 13.0 Å². The van der Waals surface area contributed by atoms with Crippen molar-refractivity contribution in [2.45, 2.75) is 37.9 Å². The topological polar surface area (TPSA) is 104 Å². The molecule has 7 nitrogen and oxygen atoms in total. The Morgan fingerprint density at radius 3 is 2.70 bits per heavy atom. The summed E-state index contributed by atoms with van der Waals surface area (Å²) < 4.78 is 24.5. The highest BCUT2D eigenvalue weighted by Crippen LogP contribution is 2.11. The second-order valence-corrected chi connectivity index (χ2v) is 5.91. The molecule has 0 saturated carbocycles. The Hall–Kier alpha value is -1.80. The second-order valence-electron chi connectivity index (χ2n) is 4.46. The third kappa shape index (κ3) is 3.40. The van der Waals surface area contributed by atoms with Gasteiger partial charge in [0.2, 0.25) is 0 Å². The average Bonchev–Trinajstić information content (AvgIpc) is 2.81. The molecule has 0 radical (unpaired) electrons. The number of sulfonamides is 1. The first-order valence-corrected chi connectivity index (χ1v) is 7.90.